The number of anilines is 1. The van der Waals surface area contributed by atoms with Crippen molar-refractivity contribution < 1.29 is 53.4 Å². The Morgan fingerprint density at radius 2 is 1.73 bits per heavy atom. The second-order valence-corrected chi connectivity index (χ2v) is 16.6. The molecular weight excluding hydrogens is 838 g/mol. The number of benzene rings is 2. The van der Waals surface area contributed by atoms with E-state index in [1.807, 2.05) is 0 Å². The molecule has 2 aliphatic rings. The third-order valence-corrected chi connectivity index (χ3v) is 11.2. The van der Waals surface area contributed by atoms with Crippen molar-refractivity contribution in [3.63, 3.8) is 0 Å². The molecule has 5 aromatic rings. The summed E-state index contributed by atoms with van der Waals surface area (Å²) in [6.45, 7) is -4.19. The molecule has 11 nitrogen and oxygen atoms in total. The summed E-state index contributed by atoms with van der Waals surface area (Å²) < 4.78 is 144. The van der Waals surface area contributed by atoms with Gasteiger partial charge in [-0.2, -0.15) is 19.0 Å². The van der Waals surface area contributed by atoms with Crippen LogP contribution in [0.5, 0.6) is 0 Å². The Labute approximate surface area is 335 Å². The van der Waals surface area contributed by atoms with Crippen LogP contribution in [0, 0.1) is 29.4 Å². The van der Waals surface area contributed by atoms with Crippen LogP contribution in [0.15, 0.2) is 42.5 Å². The third-order valence-electron chi connectivity index (χ3n) is 10.3. The number of fused-ring (bicyclic) bond motifs is 4. The molecule has 3 unspecified atom stereocenters. The lowest BCUT2D eigenvalue weighted by atomic mass is 9.73. The Balaban J connectivity index is 1.40. The van der Waals surface area contributed by atoms with Gasteiger partial charge in [0.05, 0.1) is 33.9 Å². The predicted octanol–water partition coefficient (Wildman–Crippen LogP) is 6.79. The molecule has 1 amide bonds. The van der Waals surface area contributed by atoms with E-state index >= 15 is 8.78 Å². The second kappa shape index (κ2) is 15.4. The molecule has 0 saturated heterocycles. The predicted molar refractivity (Wildman–Crippen MR) is 199 cm³/mol. The maximum Gasteiger partial charge on any atom is 0.293 e. The number of nitrogens with zero attached hydrogens (tertiary/aromatic N) is 5. The van der Waals surface area contributed by atoms with E-state index in [9.17, 15) is 44.7 Å². The number of halogens is 9. The van der Waals surface area contributed by atoms with Crippen molar-refractivity contribution >= 4 is 44.3 Å². The minimum Gasteiger partial charge on any atom is -0.373 e. The number of hydrogen-bond acceptors (Lipinski definition) is 7. The molecule has 7 rings (SSSR count). The van der Waals surface area contributed by atoms with Crippen LogP contribution in [0.2, 0.25) is 5.02 Å². The van der Waals surface area contributed by atoms with E-state index in [0.717, 1.165) is 18.4 Å². The number of nitrogens with one attached hydrogen (secondary N) is 2. The summed E-state index contributed by atoms with van der Waals surface area (Å²) in [7, 11) is -2.43. The van der Waals surface area contributed by atoms with Gasteiger partial charge >= 0.3 is 0 Å². The van der Waals surface area contributed by atoms with Crippen LogP contribution in [0.3, 0.4) is 0 Å². The van der Waals surface area contributed by atoms with E-state index in [0.29, 0.717) is 10.7 Å². The Bertz CT molecular complexity index is 2660. The average Bonchev–Trinajstić information content (AvgIpc) is 3.71. The van der Waals surface area contributed by atoms with E-state index in [1.165, 1.54) is 36.0 Å². The zero-order chi connectivity index (χ0) is 42.8. The molecule has 0 bridgehead atoms. The molecule has 0 aliphatic heterocycles. The quantitative estimate of drug-likeness (QED) is 0.0926. The van der Waals surface area contributed by atoms with Gasteiger partial charge in [0, 0.05) is 35.7 Å². The maximum absolute atomic E-state index is 15.6. The highest BCUT2D eigenvalue weighted by atomic mass is 35.5. The molecule has 0 radical (unpaired) electrons. The smallest absolute Gasteiger partial charge is 0.293 e. The van der Waals surface area contributed by atoms with Crippen LogP contribution in [0.25, 0.3) is 22.0 Å². The first-order chi connectivity index (χ1) is 27.7. The van der Waals surface area contributed by atoms with E-state index in [1.54, 1.807) is 0 Å². The molecule has 2 aliphatic carbocycles. The minimum atomic E-state index is -3.89. The summed E-state index contributed by atoms with van der Waals surface area (Å²) in [5.41, 5.74) is -4.54. The number of amides is 1. The van der Waals surface area contributed by atoms with Gasteiger partial charge in [0.1, 0.15) is 48.6 Å². The van der Waals surface area contributed by atoms with Crippen LogP contribution in [-0.4, -0.2) is 69.2 Å². The fourth-order valence-electron chi connectivity index (χ4n) is 7.66. The lowest BCUT2D eigenvalue weighted by Gasteiger charge is -2.34. The zero-order valence-corrected chi connectivity index (χ0v) is 32.4. The zero-order valence-electron chi connectivity index (χ0n) is 30.8. The Morgan fingerprint density at radius 3 is 2.34 bits per heavy atom. The molecule has 3 aromatic heterocycles. The molecular formula is C38H32ClF8N7O4S. The SMILES string of the molecule is Cn1nc(NS(C)(=O)=O)c2c(Cl)ccc(-c3ccc(C#CC(O)(CF)CF)nc3C(Cc3cc(F)cc(F)c3)NC(=O)Cn3nc(C(F)F)c4c3C(F)(F)C3CCC43)c21. The van der Waals surface area contributed by atoms with Gasteiger partial charge in [-0.25, -0.2) is 39.7 Å². The van der Waals surface area contributed by atoms with Crippen molar-refractivity contribution in [2.75, 3.05) is 24.3 Å². The van der Waals surface area contributed by atoms with Crippen molar-refractivity contribution in [2.45, 2.75) is 55.7 Å². The summed E-state index contributed by atoms with van der Waals surface area (Å²) in [5, 5.41) is 21.0. The van der Waals surface area contributed by atoms with E-state index < -0.39 is 101 Å². The number of sulfonamides is 1. The molecule has 3 heterocycles. The maximum atomic E-state index is 15.6. The summed E-state index contributed by atoms with van der Waals surface area (Å²) in [5.74, 6) is -4.46. The van der Waals surface area contributed by atoms with Crippen LogP contribution < -0.4 is 10.0 Å². The monoisotopic (exact) mass is 869 g/mol. The minimum absolute atomic E-state index is 0.0502. The van der Waals surface area contributed by atoms with Crippen LogP contribution in [0.4, 0.5) is 40.9 Å². The first kappa shape index (κ1) is 41.9. The number of carbonyl (C=O) groups is 1. The number of pyridine rings is 1. The van der Waals surface area contributed by atoms with Gasteiger partial charge in [0.2, 0.25) is 15.9 Å². The highest BCUT2D eigenvalue weighted by Crippen LogP contribution is 2.63. The van der Waals surface area contributed by atoms with Gasteiger partial charge < -0.3 is 10.4 Å². The second-order valence-electron chi connectivity index (χ2n) is 14.5. The first-order valence-electron chi connectivity index (χ1n) is 17.8. The van der Waals surface area contributed by atoms with Crippen LogP contribution >= 0.6 is 11.6 Å². The Hall–Kier alpha value is -5.26. The molecule has 59 heavy (non-hydrogen) atoms. The molecule has 0 spiro atoms. The molecule has 3 N–H and O–H groups in total. The van der Waals surface area contributed by atoms with Crippen molar-refractivity contribution in [3.8, 4) is 23.0 Å². The molecule has 1 fully saturated rings. The standard InChI is InChI=1S/C38H32ClF8N7O4S/c1-53-33-23(6-8-26(39)30(33)36(51-53)52-59(2,57)58)22-4-3-21(9-10-37(56,16-40)17-41)48-31(22)27(13-18-11-19(42)14-20(43)12-18)49-28(55)15-54-34-29(32(50-54)35(44)45)24-5-7-25(24)38(34,46)47/h3-4,6,8,11-12,14,24-25,27,35,56H,5,7,13,15-17H2,1-2H3,(H,49,55)(H,51,52). The van der Waals surface area contributed by atoms with Gasteiger partial charge in [-0.3, -0.25) is 18.9 Å². The fourth-order valence-corrected chi connectivity index (χ4v) is 8.40. The molecule has 1 saturated carbocycles. The van der Waals surface area contributed by atoms with Crippen LogP contribution in [-0.2, 0) is 40.8 Å². The van der Waals surface area contributed by atoms with Gasteiger partial charge in [-0.05, 0) is 67.0 Å². The van der Waals surface area contributed by atoms with Crippen molar-refractivity contribution in [2.24, 2.45) is 13.0 Å². The molecule has 21 heteroatoms. The highest BCUT2D eigenvalue weighted by molar-refractivity contribution is 7.92. The van der Waals surface area contributed by atoms with Crippen molar-refractivity contribution in [1.82, 2.24) is 29.9 Å². The number of carbonyl (C=O) groups excluding carboxylic acids is 1. The van der Waals surface area contributed by atoms with Gasteiger partial charge in [0.25, 0.3) is 12.3 Å². The lowest BCUT2D eigenvalue weighted by molar-refractivity contribution is -0.123. The molecule has 312 valence electrons. The van der Waals surface area contributed by atoms with Gasteiger partial charge in [-0.15, -0.1) is 0 Å². The Kier molecular flexibility index (Phi) is 10.9. The van der Waals surface area contributed by atoms with E-state index in [2.05, 4.69) is 37.1 Å². The van der Waals surface area contributed by atoms with Gasteiger partial charge in [-0.1, -0.05) is 23.6 Å². The molecule has 3 atom stereocenters. The van der Waals surface area contributed by atoms with E-state index in [-0.39, 0.29) is 68.2 Å². The average molecular weight is 870 g/mol. The third kappa shape index (κ3) is 7.94. The number of alkyl halides is 6. The normalized spacial score (nSPS) is 17.6. The summed E-state index contributed by atoms with van der Waals surface area (Å²) >= 11 is 6.55. The fraction of sp³-hybridized carbons (Fsp3) is 0.368. The van der Waals surface area contributed by atoms with Gasteiger partial charge in [0.15, 0.2) is 11.4 Å². The van der Waals surface area contributed by atoms with E-state index in [4.69, 9.17) is 11.6 Å². The highest BCUT2D eigenvalue weighted by Gasteiger charge is 2.62. The largest absolute Gasteiger partial charge is 0.373 e. The topological polar surface area (TPSA) is 144 Å². The van der Waals surface area contributed by atoms with Crippen molar-refractivity contribution in [1.29, 1.82) is 0 Å². The number of aryl methyl sites for hydroxylation is 1. The van der Waals surface area contributed by atoms with Crippen LogP contribution in [0.1, 0.15) is 65.1 Å². The number of hydrogen-bond donors (Lipinski definition) is 3. The summed E-state index contributed by atoms with van der Waals surface area (Å²) in [4.78, 5) is 18.5. The molecule has 2 aromatic carbocycles. The van der Waals surface area contributed by atoms with Crippen molar-refractivity contribution in [3.05, 3.63) is 93.0 Å². The Morgan fingerprint density at radius 1 is 1.05 bits per heavy atom. The first-order valence-corrected chi connectivity index (χ1v) is 20.0. The number of aliphatic hydroxyl groups is 1. The lowest BCUT2D eigenvalue weighted by Crippen LogP contribution is -2.36. The summed E-state index contributed by atoms with van der Waals surface area (Å²) in [6, 6.07) is 6.59. The number of rotatable bonds is 12. The summed E-state index contributed by atoms with van der Waals surface area (Å²) in [6.07, 6.45) is -2.48. The number of aromatic nitrogens is 5.